The van der Waals surface area contributed by atoms with Crippen LogP contribution in [-0.2, 0) is 0 Å². The average Bonchev–Trinajstić information content (AvgIpc) is 2.93. The largest absolute Gasteiger partial charge is 0.508 e. The molecular weight excluding hydrogens is 500 g/mol. The molecule has 4 aromatic carbocycles. The summed E-state index contributed by atoms with van der Waals surface area (Å²) in [5.41, 5.74) is 0.844. The van der Waals surface area contributed by atoms with Gasteiger partial charge < -0.3 is 29.6 Å². The first-order valence-corrected chi connectivity index (χ1v) is 12.0. The van der Waals surface area contributed by atoms with E-state index in [9.17, 15) is 30.0 Å². The highest BCUT2D eigenvalue weighted by Crippen LogP contribution is 2.42. The van der Waals surface area contributed by atoms with Crippen molar-refractivity contribution in [3.63, 3.8) is 0 Å². The molecule has 0 spiro atoms. The van der Waals surface area contributed by atoms with Gasteiger partial charge in [-0.15, -0.1) is 0 Å². The van der Waals surface area contributed by atoms with Crippen LogP contribution >= 0.6 is 0 Å². The Bertz CT molecular complexity index is 1670. The van der Waals surface area contributed by atoms with Gasteiger partial charge in [-0.2, -0.15) is 0 Å². The molecule has 0 saturated heterocycles. The monoisotopic (exact) mass is 524 g/mol. The van der Waals surface area contributed by atoms with Crippen LogP contribution in [0.2, 0.25) is 0 Å². The van der Waals surface area contributed by atoms with Crippen molar-refractivity contribution in [3.05, 3.63) is 124 Å². The zero-order valence-corrected chi connectivity index (χ0v) is 20.7. The SMILES string of the molecule is COc1ccc(C(=O)C(c2coc3cc(O)ccc3c2=O)C(c2ccc(O)cc2)c2ccc(O)cc2)c(O)c1. The lowest BCUT2D eigenvalue weighted by molar-refractivity contribution is 0.0947. The van der Waals surface area contributed by atoms with Gasteiger partial charge in [-0.05, 0) is 59.7 Å². The summed E-state index contributed by atoms with van der Waals surface area (Å²) in [4.78, 5) is 28.1. The van der Waals surface area contributed by atoms with Gasteiger partial charge in [-0.3, -0.25) is 9.59 Å². The molecular formula is C31H24O8. The van der Waals surface area contributed by atoms with E-state index in [0.717, 1.165) is 0 Å². The molecule has 1 atom stereocenters. The van der Waals surface area contributed by atoms with Gasteiger partial charge in [0.25, 0.3) is 0 Å². The molecule has 0 fully saturated rings. The Hall–Kier alpha value is -5.24. The second-order valence-corrected chi connectivity index (χ2v) is 9.09. The molecule has 5 aromatic rings. The van der Waals surface area contributed by atoms with Crippen molar-refractivity contribution in [2.45, 2.75) is 11.8 Å². The van der Waals surface area contributed by atoms with Crippen LogP contribution in [0.5, 0.6) is 28.7 Å². The summed E-state index contributed by atoms with van der Waals surface area (Å²) >= 11 is 0. The summed E-state index contributed by atoms with van der Waals surface area (Å²) in [5, 5.41) is 40.6. The lowest BCUT2D eigenvalue weighted by Gasteiger charge is -2.27. The molecule has 1 aromatic heterocycles. The van der Waals surface area contributed by atoms with Gasteiger partial charge in [-0.25, -0.2) is 0 Å². The Morgan fingerprint density at radius 2 is 1.36 bits per heavy atom. The quantitative estimate of drug-likeness (QED) is 0.207. The molecule has 8 nitrogen and oxygen atoms in total. The van der Waals surface area contributed by atoms with Crippen LogP contribution in [0, 0.1) is 0 Å². The van der Waals surface area contributed by atoms with Gasteiger partial charge in [0.2, 0.25) is 0 Å². The normalized spacial score (nSPS) is 11.9. The van der Waals surface area contributed by atoms with E-state index >= 15 is 0 Å². The van der Waals surface area contributed by atoms with Gasteiger partial charge >= 0.3 is 0 Å². The smallest absolute Gasteiger partial charge is 0.196 e. The van der Waals surface area contributed by atoms with E-state index in [4.69, 9.17) is 9.15 Å². The molecule has 0 bridgehead atoms. The zero-order valence-electron chi connectivity index (χ0n) is 20.7. The lowest BCUT2D eigenvalue weighted by Crippen LogP contribution is -2.27. The van der Waals surface area contributed by atoms with E-state index in [1.807, 2.05) is 0 Å². The number of phenols is 4. The van der Waals surface area contributed by atoms with Gasteiger partial charge in [0.1, 0.15) is 34.3 Å². The van der Waals surface area contributed by atoms with Crippen LogP contribution in [0.1, 0.15) is 38.9 Å². The first-order chi connectivity index (χ1) is 18.8. The Balaban J connectivity index is 1.80. The number of benzene rings is 4. The third-order valence-electron chi connectivity index (χ3n) is 6.71. The molecule has 1 heterocycles. The molecule has 196 valence electrons. The molecule has 0 aliphatic carbocycles. The molecule has 39 heavy (non-hydrogen) atoms. The summed E-state index contributed by atoms with van der Waals surface area (Å²) in [5.74, 6) is -2.58. The first kappa shape index (κ1) is 25.4. The molecule has 8 heteroatoms. The van der Waals surface area contributed by atoms with Gasteiger partial charge in [0.15, 0.2) is 11.2 Å². The van der Waals surface area contributed by atoms with Crippen molar-refractivity contribution in [2.24, 2.45) is 0 Å². The third kappa shape index (κ3) is 4.87. The van der Waals surface area contributed by atoms with Crippen LogP contribution in [-0.4, -0.2) is 33.3 Å². The average molecular weight is 525 g/mol. The standard InChI is InChI=1S/C31H24O8/c1-38-22-11-13-23(26(35)15-22)31(37)29(25-16-39-27-14-21(34)10-12-24(27)30(25)36)28(17-2-6-19(32)7-3-17)18-4-8-20(33)9-5-18/h2-16,28-29,32-35H,1H3. The van der Waals surface area contributed by atoms with Crippen LogP contribution in [0.15, 0.2) is 100 Å². The van der Waals surface area contributed by atoms with Gasteiger partial charge in [-0.1, -0.05) is 24.3 Å². The van der Waals surface area contributed by atoms with Crippen LogP contribution in [0.25, 0.3) is 11.0 Å². The Labute approximate surface area is 222 Å². The minimum Gasteiger partial charge on any atom is -0.508 e. The number of carbonyl (C=O) groups is 1. The van der Waals surface area contributed by atoms with E-state index in [-0.39, 0.29) is 45.1 Å². The Morgan fingerprint density at radius 3 is 1.92 bits per heavy atom. The lowest BCUT2D eigenvalue weighted by atomic mass is 9.73. The Kier molecular flexibility index (Phi) is 6.68. The highest BCUT2D eigenvalue weighted by Gasteiger charge is 2.37. The molecule has 0 aliphatic rings. The minimum absolute atomic E-state index is 0.0175. The predicted molar refractivity (Wildman–Crippen MR) is 144 cm³/mol. The highest BCUT2D eigenvalue weighted by atomic mass is 16.5. The topological polar surface area (TPSA) is 137 Å². The number of hydrogen-bond acceptors (Lipinski definition) is 8. The van der Waals surface area contributed by atoms with E-state index in [1.165, 1.54) is 74.0 Å². The van der Waals surface area contributed by atoms with Crippen molar-refractivity contribution in [2.75, 3.05) is 7.11 Å². The number of methoxy groups -OCH3 is 1. The molecule has 0 amide bonds. The molecule has 0 aliphatic heterocycles. The summed E-state index contributed by atoms with van der Waals surface area (Å²) in [6.45, 7) is 0. The van der Waals surface area contributed by atoms with Crippen molar-refractivity contribution in [1.82, 2.24) is 0 Å². The number of hydrogen-bond donors (Lipinski definition) is 4. The van der Waals surface area contributed by atoms with Crippen LogP contribution in [0.3, 0.4) is 0 Å². The summed E-state index contributed by atoms with van der Waals surface area (Å²) in [7, 11) is 1.43. The van der Waals surface area contributed by atoms with Crippen molar-refractivity contribution in [3.8, 4) is 28.7 Å². The number of ketones is 1. The van der Waals surface area contributed by atoms with Crippen molar-refractivity contribution in [1.29, 1.82) is 0 Å². The van der Waals surface area contributed by atoms with Crippen LogP contribution < -0.4 is 10.2 Å². The summed E-state index contributed by atoms with van der Waals surface area (Å²) in [6.07, 6.45) is 1.20. The fourth-order valence-electron chi connectivity index (χ4n) is 4.77. The number of fused-ring (bicyclic) bond motifs is 1. The number of aromatic hydroxyl groups is 4. The number of carbonyl (C=O) groups excluding carboxylic acids is 1. The van der Waals surface area contributed by atoms with E-state index < -0.39 is 23.0 Å². The third-order valence-corrected chi connectivity index (χ3v) is 6.71. The highest BCUT2D eigenvalue weighted by molar-refractivity contribution is 6.04. The number of phenolic OH excluding ortho intramolecular Hbond substituents is 4. The van der Waals surface area contributed by atoms with Gasteiger partial charge in [0.05, 0.1) is 30.2 Å². The first-order valence-electron chi connectivity index (χ1n) is 12.0. The summed E-state index contributed by atoms with van der Waals surface area (Å²) < 4.78 is 10.9. The number of rotatable bonds is 7. The predicted octanol–water partition coefficient (Wildman–Crippen LogP) is 5.42. The van der Waals surface area contributed by atoms with Gasteiger partial charge in [0, 0.05) is 23.6 Å². The van der Waals surface area contributed by atoms with Crippen LogP contribution in [0.4, 0.5) is 0 Å². The summed E-state index contributed by atoms with van der Waals surface area (Å²) in [6, 6.07) is 20.8. The maximum absolute atomic E-state index is 14.3. The van der Waals surface area contributed by atoms with E-state index in [0.29, 0.717) is 16.9 Å². The maximum Gasteiger partial charge on any atom is 0.196 e. The minimum atomic E-state index is -1.20. The fraction of sp³-hybridized carbons (Fsp3) is 0.0968. The second-order valence-electron chi connectivity index (χ2n) is 9.09. The Morgan fingerprint density at radius 1 is 0.769 bits per heavy atom. The van der Waals surface area contributed by atoms with E-state index in [1.54, 1.807) is 24.3 Å². The fourth-order valence-corrected chi connectivity index (χ4v) is 4.77. The van der Waals surface area contributed by atoms with Crippen molar-refractivity contribution >= 4 is 16.8 Å². The number of ether oxygens (including phenoxy) is 1. The second kappa shape index (κ2) is 10.3. The maximum atomic E-state index is 14.3. The molecule has 1 unspecified atom stereocenters. The molecule has 5 rings (SSSR count). The molecule has 4 N–H and O–H groups in total. The van der Waals surface area contributed by atoms with E-state index in [2.05, 4.69) is 0 Å². The molecule has 0 radical (unpaired) electrons. The van der Waals surface area contributed by atoms with Crippen molar-refractivity contribution < 1.29 is 34.4 Å². The number of Topliss-reactive ketones (excluding diaryl/α,β-unsaturated/α-hetero) is 1. The molecule has 0 saturated carbocycles. The zero-order chi connectivity index (χ0) is 27.7.